The molecule has 17 heavy (non-hydrogen) atoms. The summed E-state index contributed by atoms with van der Waals surface area (Å²) in [6.07, 6.45) is 0.783. The Bertz CT molecular complexity index is 446. The maximum Gasteiger partial charge on any atom is 0.244 e. The topological polar surface area (TPSA) is 66.4 Å². The van der Waals surface area contributed by atoms with Crippen molar-refractivity contribution in [3.05, 3.63) is 24.3 Å². The summed E-state index contributed by atoms with van der Waals surface area (Å²) in [7, 11) is -3.59. The minimum absolute atomic E-state index is 0.0665. The highest BCUT2D eigenvalue weighted by Crippen LogP contribution is 2.20. The molecule has 0 heterocycles. The van der Waals surface area contributed by atoms with Gasteiger partial charge in [0.2, 0.25) is 10.0 Å². The van der Waals surface area contributed by atoms with Gasteiger partial charge < -0.3 is 5.11 Å². The summed E-state index contributed by atoms with van der Waals surface area (Å²) < 4.78 is 26.1. The van der Waals surface area contributed by atoms with Crippen LogP contribution in [0.4, 0.5) is 0 Å². The van der Waals surface area contributed by atoms with Crippen LogP contribution < -0.4 is 4.72 Å². The van der Waals surface area contributed by atoms with Crippen LogP contribution in [0.3, 0.4) is 0 Å². The second kappa shape index (κ2) is 6.88. The van der Waals surface area contributed by atoms with E-state index >= 15 is 0 Å². The average Bonchev–Trinajstić information content (AvgIpc) is 2.29. The third kappa shape index (κ3) is 4.57. The van der Waals surface area contributed by atoms with Gasteiger partial charge >= 0.3 is 0 Å². The Morgan fingerprint density at radius 2 is 2.06 bits per heavy atom. The molecular weight excluding hydrogens is 258 g/mol. The molecule has 1 aromatic rings. The molecule has 0 aliphatic rings. The molecular formula is C11H17NO3S2. The first-order chi connectivity index (χ1) is 8.08. The highest BCUT2D eigenvalue weighted by Gasteiger charge is 2.16. The SMILES string of the molecule is CCSCCCNS(=O)(=O)c1ccccc1O. The van der Waals surface area contributed by atoms with Crippen molar-refractivity contribution in [1.29, 1.82) is 0 Å². The van der Waals surface area contributed by atoms with Gasteiger partial charge in [0.1, 0.15) is 10.6 Å². The third-order valence-corrected chi connectivity index (χ3v) is 4.61. The first-order valence-corrected chi connectivity index (χ1v) is 8.07. The summed E-state index contributed by atoms with van der Waals surface area (Å²) >= 11 is 1.77. The number of sulfonamides is 1. The van der Waals surface area contributed by atoms with Crippen molar-refractivity contribution < 1.29 is 13.5 Å². The Labute approximate surface area is 106 Å². The number of thioether (sulfide) groups is 1. The van der Waals surface area contributed by atoms with Crippen molar-refractivity contribution in [2.24, 2.45) is 0 Å². The maximum atomic E-state index is 11.8. The number of hydrogen-bond donors (Lipinski definition) is 2. The number of rotatable bonds is 7. The predicted molar refractivity (Wildman–Crippen MR) is 70.9 cm³/mol. The predicted octanol–water partition coefficient (Wildman–Crippen LogP) is 1.81. The standard InChI is InChI=1S/C11H17NO3S2/c1-2-16-9-5-8-12-17(14,15)11-7-4-3-6-10(11)13/h3-4,6-7,12-13H,2,5,8-9H2,1H3. The van der Waals surface area contributed by atoms with E-state index in [9.17, 15) is 13.5 Å². The van der Waals surface area contributed by atoms with Crippen molar-refractivity contribution in [1.82, 2.24) is 4.72 Å². The lowest BCUT2D eigenvalue weighted by molar-refractivity contribution is 0.458. The average molecular weight is 275 g/mol. The molecule has 0 bridgehead atoms. The Morgan fingerprint density at radius 1 is 1.35 bits per heavy atom. The Morgan fingerprint density at radius 3 is 2.71 bits per heavy atom. The lowest BCUT2D eigenvalue weighted by Crippen LogP contribution is -2.25. The highest BCUT2D eigenvalue weighted by molar-refractivity contribution is 7.99. The maximum absolute atomic E-state index is 11.8. The summed E-state index contributed by atoms with van der Waals surface area (Å²) in [5, 5.41) is 9.46. The van der Waals surface area contributed by atoms with Gasteiger partial charge in [0.05, 0.1) is 0 Å². The molecule has 0 atom stereocenters. The molecule has 0 aromatic heterocycles. The van der Waals surface area contributed by atoms with E-state index in [4.69, 9.17) is 0 Å². The minimum atomic E-state index is -3.59. The fraction of sp³-hybridized carbons (Fsp3) is 0.455. The van der Waals surface area contributed by atoms with Gasteiger partial charge in [-0.3, -0.25) is 0 Å². The molecule has 0 spiro atoms. The normalized spacial score (nSPS) is 11.6. The molecule has 1 rings (SSSR count). The molecule has 0 saturated carbocycles. The summed E-state index contributed by atoms with van der Waals surface area (Å²) in [4.78, 5) is -0.0665. The molecule has 0 fully saturated rings. The Hall–Kier alpha value is -0.720. The lowest BCUT2D eigenvalue weighted by atomic mass is 10.3. The smallest absolute Gasteiger partial charge is 0.244 e. The second-order valence-electron chi connectivity index (χ2n) is 3.42. The minimum Gasteiger partial charge on any atom is -0.507 e. The molecule has 96 valence electrons. The van der Waals surface area contributed by atoms with Gasteiger partial charge in [-0.15, -0.1) is 0 Å². The van der Waals surface area contributed by atoms with Crippen LogP contribution in [-0.2, 0) is 10.0 Å². The molecule has 0 unspecified atom stereocenters. The van der Waals surface area contributed by atoms with Crippen LogP contribution in [0.1, 0.15) is 13.3 Å². The number of hydrogen-bond acceptors (Lipinski definition) is 4. The zero-order chi connectivity index (χ0) is 12.7. The van der Waals surface area contributed by atoms with E-state index < -0.39 is 10.0 Å². The first kappa shape index (κ1) is 14.3. The fourth-order valence-corrected chi connectivity index (χ4v) is 3.09. The van der Waals surface area contributed by atoms with E-state index in [-0.39, 0.29) is 10.6 Å². The van der Waals surface area contributed by atoms with Gasteiger partial charge in [0.15, 0.2) is 0 Å². The number of para-hydroxylation sites is 1. The number of phenolic OH excluding ortho intramolecular Hbond substituents is 1. The van der Waals surface area contributed by atoms with Gasteiger partial charge in [-0.25, -0.2) is 13.1 Å². The molecule has 0 amide bonds. The monoisotopic (exact) mass is 275 g/mol. The fourth-order valence-electron chi connectivity index (χ4n) is 1.29. The highest BCUT2D eigenvalue weighted by atomic mass is 32.2. The van der Waals surface area contributed by atoms with Crippen LogP contribution in [0, 0.1) is 0 Å². The van der Waals surface area contributed by atoms with Crippen molar-refractivity contribution >= 4 is 21.8 Å². The molecule has 2 N–H and O–H groups in total. The van der Waals surface area contributed by atoms with Crippen LogP contribution in [0.25, 0.3) is 0 Å². The van der Waals surface area contributed by atoms with E-state index in [1.54, 1.807) is 23.9 Å². The summed E-state index contributed by atoms with van der Waals surface area (Å²) in [6, 6.07) is 5.92. The summed E-state index contributed by atoms with van der Waals surface area (Å²) in [5.41, 5.74) is 0. The van der Waals surface area contributed by atoms with Gasteiger partial charge in [-0.2, -0.15) is 11.8 Å². The van der Waals surface area contributed by atoms with Gasteiger partial charge in [-0.1, -0.05) is 19.1 Å². The second-order valence-corrected chi connectivity index (χ2v) is 6.55. The number of nitrogens with one attached hydrogen (secondary N) is 1. The number of phenols is 1. The van der Waals surface area contributed by atoms with E-state index in [0.717, 1.165) is 17.9 Å². The molecule has 0 aliphatic heterocycles. The molecule has 0 saturated heterocycles. The zero-order valence-electron chi connectivity index (χ0n) is 9.72. The van der Waals surface area contributed by atoms with E-state index in [1.165, 1.54) is 12.1 Å². The summed E-state index contributed by atoms with van der Waals surface area (Å²) in [6.45, 7) is 2.46. The lowest BCUT2D eigenvalue weighted by Gasteiger charge is -2.07. The van der Waals surface area contributed by atoms with Crippen molar-refractivity contribution in [3.8, 4) is 5.75 Å². The molecule has 0 radical (unpaired) electrons. The molecule has 1 aromatic carbocycles. The first-order valence-electron chi connectivity index (χ1n) is 5.43. The van der Waals surface area contributed by atoms with Crippen molar-refractivity contribution in [2.45, 2.75) is 18.2 Å². The van der Waals surface area contributed by atoms with E-state index in [0.29, 0.717) is 6.54 Å². The Kier molecular flexibility index (Phi) is 5.80. The number of aromatic hydroxyl groups is 1. The van der Waals surface area contributed by atoms with Crippen LogP contribution in [0.5, 0.6) is 5.75 Å². The van der Waals surface area contributed by atoms with Gasteiger partial charge in [-0.05, 0) is 30.1 Å². The zero-order valence-corrected chi connectivity index (χ0v) is 11.4. The Balaban J connectivity index is 2.55. The van der Waals surface area contributed by atoms with Gasteiger partial charge in [0.25, 0.3) is 0 Å². The molecule has 4 nitrogen and oxygen atoms in total. The third-order valence-electron chi connectivity index (χ3n) is 2.12. The number of benzene rings is 1. The van der Waals surface area contributed by atoms with E-state index in [1.807, 2.05) is 0 Å². The van der Waals surface area contributed by atoms with Crippen molar-refractivity contribution in [2.75, 3.05) is 18.1 Å². The van der Waals surface area contributed by atoms with Crippen molar-refractivity contribution in [3.63, 3.8) is 0 Å². The largest absolute Gasteiger partial charge is 0.507 e. The van der Waals surface area contributed by atoms with Gasteiger partial charge in [0, 0.05) is 6.54 Å². The molecule has 6 heteroatoms. The van der Waals surface area contributed by atoms with Crippen LogP contribution in [0.2, 0.25) is 0 Å². The summed E-state index contributed by atoms with van der Waals surface area (Å²) in [5.74, 6) is 1.74. The van der Waals surface area contributed by atoms with E-state index in [2.05, 4.69) is 11.6 Å². The van der Waals surface area contributed by atoms with Crippen LogP contribution in [0.15, 0.2) is 29.2 Å². The molecule has 0 aliphatic carbocycles. The van der Waals surface area contributed by atoms with Crippen LogP contribution >= 0.6 is 11.8 Å². The van der Waals surface area contributed by atoms with Crippen LogP contribution in [-0.4, -0.2) is 31.6 Å². The quantitative estimate of drug-likeness (QED) is 0.745.